The number of amides is 1. The molecule has 0 saturated heterocycles. The molecule has 1 aromatic heterocycles. The van der Waals surface area contributed by atoms with E-state index in [9.17, 15) is 9.59 Å². The monoisotopic (exact) mass is 292 g/mol. The van der Waals surface area contributed by atoms with Crippen LogP contribution in [-0.4, -0.2) is 28.5 Å². The number of pyridine rings is 1. The fraction of sp³-hybridized carbons (Fsp3) is 0.533. The van der Waals surface area contributed by atoms with Gasteiger partial charge in [0, 0.05) is 25.6 Å². The van der Waals surface area contributed by atoms with Crippen molar-refractivity contribution in [3.8, 4) is 0 Å². The molecule has 1 N–H and O–H groups in total. The summed E-state index contributed by atoms with van der Waals surface area (Å²) in [4.78, 5) is 28.2. The molecule has 0 radical (unpaired) electrons. The molecule has 0 spiro atoms. The van der Waals surface area contributed by atoms with Crippen LogP contribution < -0.4 is 5.32 Å². The predicted molar refractivity (Wildman–Crippen MR) is 79.7 cm³/mol. The quantitative estimate of drug-likeness (QED) is 0.818. The Morgan fingerprint density at radius 3 is 3.15 bits per heavy atom. The minimum Gasteiger partial charge on any atom is -0.356 e. The molecular formula is C15H20N2O2S. The molecule has 1 aliphatic heterocycles. The van der Waals surface area contributed by atoms with Crippen molar-refractivity contribution in [3.05, 3.63) is 23.9 Å². The maximum atomic E-state index is 12.0. The number of ketones is 1. The lowest BCUT2D eigenvalue weighted by Crippen LogP contribution is -2.32. The molecule has 2 rings (SSSR count). The normalized spacial score (nSPS) is 17.6. The van der Waals surface area contributed by atoms with Crippen LogP contribution >= 0.6 is 11.8 Å². The fourth-order valence-corrected chi connectivity index (χ4v) is 3.30. The Bertz CT molecular complexity index is 491. The SMILES string of the molecule is CCCCCNC(=O)CC1Sc2ncccc2CC1=O. The molecule has 1 aliphatic rings. The minimum absolute atomic E-state index is 0.0358. The van der Waals surface area contributed by atoms with E-state index in [1.54, 1.807) is 6.20 Å². The summed E-state index contributed by atoms with van der Waals surface area (Å²) in [5.41, 5.74) is 0.974. The molecule has 0 aromatic carbocycles. The van der Waals surface area contributed by atoms with Crippen molar-refractivity contribution in [2.24, 2.45) is 0 Å². The number of carbonyl (C=O) groups excluding carboxylic acids is 2. The summed E-state index contributed by atoms with van der Waals surface area (Å²) in [6, 6.07) is 3.77. The van der Waals surface area contributed by atoms with Gasteiger partial charge in [0.05, 0.1) is 5.25 Å². The van der Waals surface area contributed by atoms with E-state index in [1.807, 2.05) is 12.1 Å². The summed E-state index contributed by atoms with van der Waals surface area (Å²) in [5.74, 6) is 0.0885. The van der Waals surface area contributed by atoms with Crippen LogP contribution in [0.3, 0.4) is 0 Å². The molecule has 0 saturated carbocycles. The lowest BCUT2D eigenvalue weighted by Gasteiger charge is -2.21. The number of nitrogens with one attached hydrogen (secondary N) is 1. The molecule has 0 fully saturated rings. The standard InChI is InChI=1S/C15H20N2O2S/c1-2-3-4-7-16-14(19)10-13-12(18)9-11-6-5-8-17-15(11)20-13/h5-6,8,13H,2-4,7,9-10H2,1H3,(H,16,19). The van der Waals surface area contributed by atoms with Crippen LogP contribution in [0.4, 0.5) is 0 Å². The summed E-state index contributed by atoms with van der Waals surface area (Å²) >= 11 is 1.42. The number of rotatable bonds is 6. The Morgan fingerprint density at radius 1 is 1.50 bits per heavy atom. The van der Waals surface area contributed by atoms with Gasteiger partial charge in [-0.25, -0.2) is 4.98 Å². The first-order valence-corrected chi connectivity index (χ1v) is 7.98. The zero-order valence-electron chi connectivity index (χ0n) is 11.7. The van der Waals surface area contributed by atoms with E-state index in [2.05, 4.69) is 17.2 Å². The first kappa shape index (κ1) is 15.0. The van der Waals surface area contributed by atoms with Crippen molar-refractivity contribution in [2.45, 2.75) is 49.3 Å². The Balaban J connectivity index is 1.84. The summed E-state index contributed by atoms with van der Waals surface area (Å²) in [6.45, 7) is 2.83. The highest BCUT2D eigenvalue weighted by Crippen LogP contribution is 2.33. The van der Waals surface area contributed by atoms with Gasteiger partial charge < -0.3 is 5.32 Å². The molecule has 1 unspecified atom stereocenters. The highest BCUT2D eigenvalue weighted by Gasteiger charge is 2.29. The number of hydrogen-bond donors (Lipinski definition) is 1. The number of thioether (sulfide) groups is 1. The number of unbranched alkanes of at least 4 members (excludes halogenated alkanes) is 2. The maximum Gasteiger partial charge on any atom is 0.221 e. The van der Waals surface area contributed by atoms with E-state index in [4.69, 9.17) is 0 Å². The van der Waals surface area contributed by atoms with Crippen LogP contribution in [-0.2, 0) is 16.0 Å². The van der Waals surface area contributed by atoms with Gasteiger partial charge in [0.1, 0.15) is 5.03 Å². The number of carbonyl (C=O) groups is 2. The first-order valence-electron chi connectivity index (χ1n) is 7.10. The van der Waals surface area contributed by atoms with E-state index in [1.165, 1.54) is 11.8 Å². The van der Waals surface area contributed by atoms with Crippen molar-refractivity contribution in [3.63, 3.8) is 0 Å². The molecule has 20 heavy (non-hydrogen) atoms. The Kier molecular flexibility index (Phi) is 5.59. The van der Waals surface area contributed by atoms with Gasteiger partial charge in [-0.2, -0.15) is 0 Å². The lowest BCUT2D eigenvalue weighted by atomic mass is 10.1. The van der Waals surface area contributed by atoms with Gasteiger partial charge in [-0.15, -0.1) is 0 Å². The van der Waals surface area contributed by atoms with Gasteiger partial charge >= 0.3 is 0 Å². The molecule has 1 amide bonds. The fourth-order valence-electron chi connectivity index (χ4n) is 2.17. The summed E-state index contributed by atoms with van der Waals surface area (Å²) in [5, 5.41) is 3.48. The van der Waals surface area contributed by atoms with Gasteiger partial charge in [-0.3, -0.25) is 9.59 Å². The summed E-state index contributed by atoms with van der Waals surface area (Å²) in [6.07, 6.45) is 5.63. The second-order valence-electron chi connectivity index (χ2n) is 4.98. The minimum atomic E-state index is -0.288. The van der Waals surface area contributed by atoms with Gasteiger partial charge in [-0.05, 0) is 18.1 Å². The Morgan fingerprint density at radius 2 is 2.35 bits per heavy atom. The molecule has 2 heterocycles. The van der Waals surface area contributed by atoms with Crippen molar-refractivity contribution in [1.82, 2.24) is 10.3 Å². The highest BCUT2D eigenvalue weighted by atomic mass is 32.2. The van der Waals surface area contributed by atoms with Crippen molar-refractivity contribution >= 4 is 23.5 Å². The largest absolute Gasteiger partial charge is 0.356 e. The number of nitrogens with zero attached hydrogens (tertiary/aromatic N) is 1. The van der Waals surface area contributed by atoms with Gasteiger partial charge in [0.25, 0.3) is 0 Å². The third-order valence-electron chi connectivity index (χ3n) is 3.30. The predicted octanol–water partition coefficient (Wildman–Crippen LogP) is 2.36. The molecular weight excluding hydrogens is 272 g/mol. The van der Waals surface area contributed by atoms with Gasteiger partial charge in [0.15, 0.2) is 5.78 Å². The van der Waals surface area contributed by atoms with Crippen LogP contribution in [0.2, 0.25) is 0 Å². The van der Waals surface area contributed by atoms with Crippen molar-refractivity contribution in [1.29, 1.82) is 0 Å². The van der Waals surface area contributed by atoms with E-state index >= 15 is 0 Å². The van der Waals surface area contributed by atoms with Gasteiger partial charge in [0.2, 0.25) is 5.91 Å². The number of aromatic nitrogens is 1. The third kappa shape index (κ3) is 4.07. The Labute approximate surface area is 123 Å². The summed E-state index contributed by atoms with van der Waals surface area (Å²) < 4.78 is 0. The number of hydrogen-bond acceptors (Lipinski definition) is 4. The smallest absolute Gasteiger partial charge is 0.221 e. The van der Waals surface area contributed by atoms with Crippen molar-refractivity contribution < 1.29 is 9.59 Å². The Hall–Kier alpha value is -1.36. The summed E-state index contributed by atoms with van der Waals surface area (Å²) in [7, 11) is 0. The van der Waals surface area contributed by atoms with Crippen LogP contribution in [0.15, 0.2) is 23.4 Å². The van der Waals surface area contributed by atoms with Gasteiger partial charge in [-0.1, -0.05) is 37.6 Å². The third-order valence-corrected chi connectivity index (χ3v) is 4.61. The van der Waals surface area contributed by atoms with Crippen LogP contribution in [0.5, 0.6) is 0 Å². The van der Waals surface area contributed by atoms with Crippen LogP contribution in [0.1, 0.15) is 38.2 Å². The van der Waals surface area contributed by atoms with E-state index in [0.29, 0.717) is 13.0 Å². The van der Waals surface area contributed by atoms with Crippen LogP contribution in [0, 0.1) is 0 Å². The average molecular weight is 292 g/mol. The lowest BCUT2D eigenvalue weighted by molar-refractivity contribution is -0.124. The number of Topliss-reactive ketones (excluding diaryl/α,β-unsaturated/α-hetero) is 1. The van der Waals surface area contributed by atoms with E-state index in [0.717, 1.165) is 29.9 Å². The topological polar surface area (TPSA) is 59.1 Å². The zero-order chi connectivity index (χ0) is 14.4. The second-order valence-corrected chi connectivity index (χ2v) is 6.17. The second kappa shape index (κ2) is 7.43. The molecule has 0 aliphatic carbocycles. The van der Waals surface area contributed by atoms with Crippen molar-refractivity contribution in [2.75, 3.05) is 6.54 Å². The molecule has 0 bridgehead atoms. The molecule has 1 atom stereocenters. The molecule has 5 heteroatoms. The molecule has 4 nitrogen and oxygen atoms in total. The van der Waals surface area contributed by atoms with E-state index in [-0.39, 0.29) is 23.4 Å². The number of fused-ring (bicyclic) bond motifs is 1. The zero-order valence-corrected chi connectivity index (χ0v) is 12.5. The maximum absolute atomic E-state index is 12.0. The molecule has 108 valence electrons. The first-order chi connectivity index (χ1) is 9.70. The average Bonchev–Trinajstić information content (AvgIpc) is 2.44. The van der Waals surface area contributed by atoms with E-state index < -0.39 is 0 Å². The highest BCUT2D eigenvalue weighted by molar-refractivity contribution is 8.00. The molecule has 1 aromatic rings. The van der Waals surface area contributed by atoms with Crippen LogP contribution in [0.25, 0.3) is 0 Å².